The summed E-state index contributed by atoms with van der Waals surface area (Å²) in [6.07, 6.45) is 2.38. The smallest absolute Gasteiger partial charge is 0.292 e. The van der Waals surface area contributed by atoms with Crippen LogP contribution in [0.2, 0.25) is 0 Å². The van der Waals surface area contributed by atoms with Crippen LogP contribution < -0.4 is 10.6 Å². The maximum Gasteiger partial charge on any atom is 0.292 e. The van der Waals surface area contributed by atoms with Crippen molar-refractivity contribution in [1.29, 1.82) is 0 Å². The molecule has 0 aliphatic rings. The topological polar surface area (TPSA) is 97.2 Å². The van der Waals surface area contributed by atoms with Gasteiger partial charge in [-0.15, -0.1) is 11.3 Å². The largest absolute Gasteiger partial charge is 0.383 e. The number of hydrogen-bond acceptors (Lipinski definition) is 6. The highest BCUT2D eigenvalue weighted by Crippen LogP contribution is 2.24. The molecule has 0 saturated carbocycles. The van der Waals surface area contributed by atoms with E-state index >= 15 is 0 Å². The van der Waals surface area contributed by atoms with E-state index in [1.165, 1.54) is 29.5 Å². The number of amides is 1. The van der Waals surface area contributed by atoms with Gasteiger partial charge in [-0.25, -0.2) is 4.98 Å². The highest BCUT2D eigenvalue weighted by atomic mass is 32.1. The Balaban J connectivity index is 2.00. The standard InChI is InChI=1S/C13H14N4O3S/c1-14-10-8-9(2-3-11(10)17(19)20)13(18)16-5-4-12-15-6-7-21-12/h2-3,6-8,14H,4-5H2,1H3,(H,16,18). The van der Waals surface area contributed by atoms with E-state index in [0.717, 1.165) is 5.01 Å². The molecular weight excluding hydrogens is 292 g/mol. The van der Waals surface area contributed by atoms with E-state index in [-0.39, 0.29) is 11.6 Å². The summed E-state index contributed by atoms with van der Waals surface area (Å²) in [5.41, 5.74) is 0.633. The third-order valence-corrected chi connectivity index (χ3v) is 3.67. The molecule has 0 atom stereocenters. The van der Waals surface area contributed by atoms with Crippen molar-refractivity contribution in [2.75, 3.05) is 18.9 Å². The lowest BCUT2D eigenvalue weighted by atomic mass is 10.1. The van der Waals surface area contributed by atoms with Gasteiger partial charge in [0.25, 0.3) is 11.6 Å². The number of aromatic nitrogens is 1. The first-order valence-corrected chi connectivity index (χ1v) is 7.12. The third kappa shape index (κ3) is 3.76. The Bertz CT molecular complexity index is 643. The Labute approximate surface area is 125 Å². The van der Waals surface area contributed by atoms with E-state index in [0.29, 0.717) is 24.2 Å². The number of nitrogens with zero attached hydrogens (tertiary/aromatic N) is 2. The molecule has 21 heavy (non-hydrogen) atoms. The minimum absolute atomic E-state index is 0.0585. The molecule has 2 rings (SSSR count). The quantitative estimate of drug-likeness (QED) is 0.629. The Morgan fingerprint density at radius 2 is 2.29 bits per heavy atom. The van der Waals surface area contributed by atoms with Crippen LogP contribution in [0.3, 0.4) is 0 Å². The minimum Gasteiger partial charge on any atom is -0.383 e. The van der Waals surface area contributed by atoms with Crippen molar-refractivity contribution in [3.05, 3.63) is 50.5 Å². The van der Waals surface area contributed by atoms with E-state index < -0.39 is 4.92 Å². The van der Waals surface area contributed by atoms with Crippen LogP contribution in [0.1, 0.15) is 15.4 Å². The molecule has 1 amide bonds. The van der Waals surface area contributed by atoms with E-state index in [2.05, 4.69) is 15.6 Å². The maximum atomic E-state index is 12.0. The van der Waals surface area contributed by atoms with Crippen molar-refractivity contribution in [1.82, 2.24) is 10.3 Å². The second-order valence-electron chi connectivity index (χ2n) is 4.17. The zero-order chi connectivity index (χ0) is 15.2. The van der Waals surface area contributed by atoms with Crippen LogP contribution in [0.25, 0.3) is 0 Å². The van der Waals surface area contributed by atoms with Gasteiger partial charge in [0.2, 0.25) is 0 Å². The van der Waals surface area contributed by atoms with Crippen LogP contribution >= 0.6 is 11.3 Å². The van der Waals surface area contributed by atoms with Crippen molar-refractivity contribution < 1.29 is 9.72 Å². The molecule has 0 aliphatic heterocycles. The number of nitro groups is 1. The van der Waals surface area contributed by atoms with Gasteiger partial charge in [0.15, 0.2) is 0 Å². The van der Waals surface area contributed by atoms with E-state index in [4.69, 9.17) is 0 Å². The predicted octanol–water partition coefficient (Wildman–Crippen LogP) is 2.07. The fraction of sp³-hybridized carbons (Fsp3) is 0.231. The number of benzene rings is 1. The Morgan fingerprint density at radius 1 is 1.48 bits per heavy atom. The lowest BCUT2D eigenvalue weighted by molar-refractivity contribution is -0.383. The molecular formula is C13H14N4O3S. The first kappa shape index (κ1) is 14.9. The summed E-state index contributed by atoms with van der Waals surface area (Å²) in [7, 11) is 1.58. The maximum absolute atomic E-state index is 12.0. The molecule has 0 fully saturated rings. The van der Waals surface area contributed by atoms with Gasteiger partial charge in [0.1, 0.15) is 5.69 Å². The number of anilines is 1. The van der Waals surface area contributed by atoms with E-state index in [1.807, 2.05) is 5.38 Å². The van der Waals surface area contributed by atoms with E-state index in [9.17, 15) is 14.9 Å². The average molecular weight is 306 g/mol. The van der Waals surface area contributed by atoms with Gasteiger partial charge in [-0.1, -0.05) is 0 Å². The van der Waals surface area contributed by atoms with Crippen molar-refractivity contribution in [2.45, 2.75) is 6.42 Å². The number of rotatable bonds is 6. The molecule has 0 radical (unpaired) electrons. The second-order valence-corrected chi connectivity index (χ2v) is 5.15. The first-order valence-electron chi connectivity index (χ1n) is 6.24. The number of hydrogen-bond donors (Lipinski definition) is 2. The van der Waals surface area contributed by atoms with Crippen LogP contribution in [0.5, 0.6) is 0 Å². The molecule has 0 bridgehead atoms. The molecule has 1 aromatic heterocycles. The third-order valence-electron chi connectivity index (χ3n) is 2.83. The fourth-order valence-electron chi connectivity index (χ4n) is 1.80. The number of carbonyl (C=O) groups is 1. The molecule has 8 heteroatoms. The molecule has 110 valence electrons. The van der Waals surface area contributed by atoms with Crippen molar-refractivity contribution >= 4 is 28.6 Å². The zero-order valence-corrected chi connectivity index (χ0v) is 12.1. The molecule has 0 saturated heterocycles. The number of nitrogens with one attached hydrogen (secondary N) is 2. The second kappa shape index (κ2) is 6.80. The van der Waals surface area contributed by atoms with Gasteiger partial charge >= 0.3 is 0 Å². The molecule has 0 unspecified atom stereocenters. The summed E-state index contributed by atoms with van der Waals surface area (Å²) >= 11 is 1.53. The average Bonchev–Trinajstić information content (AvgIpc) is 2.99. The summed E-state index contributed by atoms with van der Waals surface area (Å²) in [6, 6.07) is 4.23. The van der Waals surface area contributed by atoms with Crippen LogP contribution in [0.4, 0.5) is 11.4 Å². The summed E-state index contributed by atoms with van der Waals surface area (Å²) in [6.45, 7) is 0.470. The SMILES string of the molecule is CNc1cc(C(=O)NCCc2nccs2)ccc1[N+](=O)[O-]. The monoisotopic (exact) mass is 306 g/mol. The first-order chi connectivity index (χ1) is 10.1. The molecule has 2 N–H and O–H groups in total. The Kier molecular flexibility index (Phi) is 4.83. The van der Waals surface area contributed by atoms with Crippen LogP contribution in [-0.4, -0.2) is 29.4 Å². The fourth-order valence-corrected chi connectivity index (χ4v) is 2.42. The highest BCUT2D eigenvalue weighted by Gasteiger charge is 2.15. The predicted molar refractivity (Wildman–Crippen MR) is 80.8 cm³/mol. The summed E-state index contributed by atoms with van der Waals surface area (Å²) in [4.78, 5) is 26.5. The molecule has 0 spiro atoms. The molecule has 1 aromatic carbocycles. The molecule has 2 aromatic rings. The van der Waals surface area contributed by atoms with Gasteiger partial charge in [-0.3, -0.25) is 14.9 Å². The summed E-state index contributed by atoms with van der Waals surface area (Å²) < 4.78 is 0. The molecule has 0 aliphatic carbocycles. The number of nitro benzene ring substituents is 1. The Hall–Kier alpha value is -2.48. The van der Waals surface area contributed by atoms with Gasteiger partial charge in [0.05, 0.1) is 9.93 Å². The van der Waals surface area contributed by atoms with Gasteiger partial charge in [-0.2, -0.15) is 0 Å². The van der Waals surface area contributed by atoms with Crippen molar-refractivity contribution in [3.63, 3.8) is 0 Å². The van der Waals surface area contributed by atoms with E-state index in [1.54, 1.807) is 13.2 Å². The zero-order valence-electron chi connectivity index (χ0n) is 11.3. The lowest BCUT2D eigenvalue weighted by Gasteiger charge is -2.07. The minimum atomic E-state index is -0.490. The van der Waals surface area contributed by atoms with Crippen molar-refractivity contribution in [2.24, 2.45) is 0 Å². The molecule has 7 nitrogen and oxygen atoms in total. The van der Waals surface area contributed by atoms with Crippen LogP contribution in [0.15, 0.2) is 29.8 Å². The molecule has 1 heterocycles. The van der Waals surface area contributed by atoms with Crippen molar-refractivity contribution in [3.8, 4) is 0 Å². The van der Waals surface area contributed by atoms with Crippen LogP contribution in [-0.2, 0) is 6.42 Å². The number of carbonyl (C=O) groups excluding carboxylic acids is 1. The highest BCUT2D eigenvalue weighted by molar-refractivity contribution is 7.09. The van der Waals surface area contributed by atoms with Gasteiger partial charge in [-0.05, 0) is 12.1 Å². The Morgan fingerprint density at radius 3 is 2.90 bits per heavy atom. The van der Waals surface area contributed by atoms with Crippen LogP contribution in [0, 0.1) is 10.1 Å². The van der Waals surface area contributed by atoms with Gasteiger partial charge < -0.3 is 10.6 Å². The normalized spacial score (nSPS) is 10.1. The summed E-state index contributed by atoms with van der Waals surface area (Å²) in [5.74, 6) is -0.266. The number of thiazole rings is 1. The van der Waals surface area contributed by atoms with Gasteiger partial charge in [0, 0.05) is 43.2 Å². The lowest BCUT2D eigenvalue weighted by Crippen LogP contribution is -2.25. The summed E-state index contributed by atoms with van der Waals surface area (Å²) in [5, 5.41) is 19.1.